The van der Waals surface area contributed by atoms with Crippen LogP contribution in [0.15, 0.2) is 35.1 Å². The van der Waals surface area contributed by atoms with E-state index in [0.29, 0.717) is 18.6 Å². The summed E-state index contributed by atoms with van der Waals surface area (Å²) in [6, 6.07) is 0. The van der Waals surface area contributed by atoms with E-state index in [1.807, 2.05) is 6.92 Å². The number of esters is 1. The summed E-state index contributed by atoms with van der Waals surface area (Å²) >= 11 is 7.65. The Hall–Kier alpha value is -0.546. The molecular weight excluding hydrogens is 437 g/mol. The van der Waals surface area contributed by atoms with Crippen LogP contribution in [0.3, 0.4) is 0 Å². The lowest BCUT2D eigenvalue weighted by Crippen LogP contribution is -2.39. The molecule has 0 aromatic carbocycles. The van der Waals surface area contributed by atoms with Crippen molar-refractivity contribution in [1.82, 2.24) is 0 Å². The van der Waals surface area contributed by atoms with Gasteiger partial charge in [0.15, 0.2) is 22.4 Å². The van der Waals surface area contributed by atoms with E-state index in [2.05, 4.69) is 82.4 Å². The molecule has 0 amide bonds. The van der Waals surface area contributed by atoms with E-state index in [-0.39, 0.29) is 11.8 Å². The summed E-state index contributed by atoms with van der Waals surface area (Å²) in [5.74, 6) is -0.0972. The SMILES string of the molecule is C=C.CCCC(=O)/C(C)=C/S.CCOC(=O)/C(C)=C/S.C[Si](C)(C)O[Si](C)(C)C. The molecule has 0 bridgehead atoms. The van der Waals surface area contributed by atoms with Crippen LogP contribution >= 0.6 is 25.3 Å². The largest absolute Gasteiger partial charge is 0.463 e. The minimum absolute atomic E-state index is 0.201. The molecule has 0 heterocycles. The van der Waals surface area contributed by atoms with Gasteiger partial charge < -0.3 is 8.85 Å². The predicted octanol–water partition coefficient (Wildman–Crippen LogP) is 7.05. The molecule has 172 valence electrons. The quantitative estimate of drug-likeness (QED) is 0.135. The number of rotatable bonds is 7. The second kappa shape index (κ2) is 20.7. The summed E-state index contributed by atoms with van der Waals surface area (Å²) in [7, 11) is -2.46. The van der Waals surface area contributed by atoms with Gasteiger partial charge in [-0.3, -0.25) is 4.79 Å². The van der Waals surface area contributed by atoms with Crippen LogP contribution in [-0.4, -0.2) is 35.0 Å². The first-order chi connectivity index (χ1) is 13.1. The van der Waals surface area contributed by atoms with Gasteiger partial charge in [0.25, 0.3) is 0 Å². The number of hydrogen-bond acceptors (Lipinski definition) is 6. The van der Waals surface area contributed by atoms with Crippen LogP contribution in [0.1, 0.15) is 40.5 Å². The topological polar surface area (TPSA) is 52.6 Å². The Bertz CT molecular complexity index is 462. The van der Waals surface area contributed by atoms with Gasteiger partial charge in [-0.2, -0.15) is 25.3 Å². The number of carbonyl (C=O) groups excluding carboxylic acids is 2. The Balaban J connectivity index is -0.000000155. The summed E-state index contributed by atoms with van der Waals surface area (Å²) in [4.78, 5) is 21.5. The fourth-order valence-corrected chi connectivity index (χ4v) is 9.31. The van der Waals surface area contributed by atoms with Gasteiger partial charge in [0.1, 0.15) is 0 Å². The van der Waals surface area contributed by atoms with E-state index in [4.69, 9.17) is 4.12 Å². The predicted molar refractivity (Wildman–Crippen MR) is 141 cm³/mol. The van der Waals surface area contributed by atoms with Gasteiger partial charge in [0.2, 0.25) is 0 Å². The Kier molecular flexibility index (Phi) is 25.6. The van der Waals surface area contributed by atoms with E-state index in [1.54, 1.807) is 26.2 Å². The molecule has 0 aliphatic carbocycles. The van der Waals surface area contributed by atoms with Crippen molar-refractivity contribution in [3.8, 4) is 0 Å². The van der Waals surface area contributed by atoms with Crippen LogP contribution in [0.4, 0.5) is 0 Å². The van der Waals surface area contributed by atoms with Gasteiger partial charge in [-0.15, -0.1) is 13.2 Å². The molecule has 0 atom stereocenters. The maximum Gasteiger partial charge on any atom is 0.334 e. The minimum atomic E-state index is -1.23. The van der Waals surface area contributed by atoms with Crippen LogP contribution < -0.4 is 0 Å². The molecule has 29 heavy (non-hydrogen) atoms. The highest BCUT2D eigenvalue weighted by atomic mass is 32.1. The van der Waals surface area contributed by atoms with Crippen LogP contribution in [0.25, 0.3) is 0 Å². The van der Waals surface area contributed by atoms with Crippen molar-refractivity contribution in [3.63, 3.8) is 0 Å². The first-order valence-electron chi connectivity index (χ1n) is 9.67. The van der Waals surface area contributed by atoms with E-state index in [9.17, 15) is 9.59 Å². The third-order valence-corrected chi connectivity index (χ3v) is 8.19. The third kappa shape index (κ3) is 32.3. The van der Waals surface area contributed by atoms with E-state index in [1.165, 1.54) is 5.41 Å². The summed E-state index contributed by atoms with van der Waals surface area (Å²) in [6.07, 6.45) is 1.56. The molecule has 4 nitrogen and oxygen atoms in total. The van der Waals surface area contributed by atoms with E-state index < -0.39 is 16.6 Å². The van der Waals surface area contributed by atoms with Crippen LogP contribution in [0.2, 0.25) is 39.3 Å². The van der Waals surface area contributed by atoms with Crippen molar-refractivity contribution in [2.75, 3.05) is 6.61 Å². The molecule has 0 rings (SSSR count). The monoisotopic (exact) mass is 480 g/mol. The molecule has 0 fully saturated rings. The number of carbonyl (C=O) groups is 2. The second-order valence-corrected chi connectivity index (χ2v) is 17.6. The van der Waals surface area contributed by atoms with Crippen molar-refractivity contribution in [2.24, 2.45) is 0 Å². The van der Waals surface area contributed by atoms with Crippen LogP contribution in [0.5, 0.6) is 0 Å². The fourth-order valence-electron chi connectivity index (χ4n) is 1.71. The van der Waals surface area contributed by atoms with Gasteiger partial charge >= 0.3 is 5.97 Å². The minimum Gasteiger partial charge on any atom is -0.463 e. The number of ketones is 1. The smallest absolute Gasteiger partial charge is 0.334 e. The molecule has 0 saturated carbocycles. The molecule has 8 heteroatoms. The molecule has 0 radical (unpaired) electrons. The Morgan fingerprint density at radius 3 is 1.45 bits per heavy atom. The van der Waals surface area contributed by atoms with Crippen molar-refractivity contribution >= 4 is 53.6 Å². The summed E-state index contributed by atoms with van der Waals surface area (Å²) in [5.41, 5.74) is 1.28. The molecular formula is C21H44O4S2Si2. The van der Waals surface area contributed by atoms with Gasteiger partial charge in [0, 0.05) is 12.0 Å². The summed E-state index contributed by atoms with van der Waals surface area (Å²) in [5, 5.41) is 2.98. The molecule has 0 aliphatic heterocycles. The maximum atomic E-state index is 10.9. The molecule has 0 unspecified atom stereocenters. The number of thiol groups is 2. The number of allylic oxidation sites excluding steroid dienone is 1. The van der Waals surface area contributed by atoms with Gasteiger partial charge in [-0.05, 0) is 82.9 Å². The molecule has 0 N–H and O–H groups in total. The van der Waals surface area contributed by atoms with Gasteiger partial charge in [-0.25, -0.2) is 4.79 Å². The third-order valence-electron chi connectivity index (χ3n) is 2.51. The normalized spacial score (nSPS) is 11.6. The lowest BCUT2D eigenvalue weighted by Gasteiger charge is -2.27. The summed E-state index contributed by atoms with van der Waals surface area (Å²) < 4.78 is 10.5. The van der Waals surface area contributed by atoms with E-state index in [0.717, 1.165) is 12.0 Å². The van der Waals surface area contributed by atoms with E-state index >= 15 is 0 Å². The average molecular weight is 481 g/mol. The zero-order chi connectivity index (χ0) is 24.3. The Labute approximate surface area is 193 Å². The standard InChI is InChI=1S/C7H12OS.C6H10O2S.C6H18OSi2.C2H4/c1-3-4-7(8)6(2)5-9;1-3-8-6(7)5(2)4-9;1-8(2,3)7-9(4,5)6;1-2/h5,9H,3-4H2,1-2H3;4,9H,3H2,1-2H3;1-6H3;1-2H2/b6-5+;5-4+;;. The second-order valence-electron chi connectivity index (χ2n) is 7.84. The number of Topliss-reactive ketones (excluding diaryl/α,β-unsaturated/α-hetero) is 1. The first-order valence-corrected chi connectivity index (χ1v) is 17.5. The lowest BCUT2D eigenvalue weighted by molar-refractivity contribution is -0.138. The zero-order valence-electron chi connectivity index (χ0n) is 20.2. The lowest BCUT2D eigenvalue weighted by atomic mass is 10.1. The Morgan fingerprint density at radius 2 is 1.24 bits per heavy atom. The molecule has 0 aromatic heterocycles. The highest BCUT2D eigenvalue weighted by Gasteiger charge is 2.24. The maximum absolute atomic E-state index is 10.9. The van der Waals surface area contributed by atoms with Crippen molar-refractivity contribution in [2.45, 2.75) is 79.8 Å². The molecule has 0 saturated heterocycles. The Morgan fingerprint density at radius 1 is 0.862 bits per heavy atom. The van der Waals surface area contributed by atoms with Crippen LogP contribution in [0, 0.1) is 0 Å². The van der Waals surface area contributed by atoms with Crippen LogP contribution in [-0.2, 0) is 18.4 Å². The number of ether oxygens (including phenoxy) is 1. The average Bonchev–Trinajstić information content (AvgIpc) is 2.60. The molecule has 0 aliphatic rings. The summed E-state index contributed by atoms with van der Waals surface area (Å²) in [6.45, 7) is 27.1. The van der Waals surface area contributed by atoms with Gasteiger partial charge in [0.05, 0.1) is 6.61 Å². The van der Waals surface area contributed by atoms with Crippen molar-refractivity contribution < 1.29 is 18.4 Å². The van der Waals surface area contributed by atoms with Gasteiger partial charge in [-0.1, -0.05) is 6.92 Å². The van der Waals surface area contributed by atoms with Crippen molar-refractivity contribution in [1.29, 1.82) is 0 Å². The highest BCUT2D eigenvalue weighted by Crippen LogP contribution is 2.12. The molecule has 0 spiro atoms. The number of hydrogen-bond donors (Lipinski definition) is 2. The first kappa shape index (κ1) is 35.9. The van der Waals surface area contributed by atoms with Crippen molar-refractivity contribution in [3.05, 3.63) is 35.1 Å². The fraction of sp³-hybridized carbons (Fsp3) is 0.619. The highest BCUT2D eigenvalue weighted by molar-refractivity contribution is 7.83. The molecule has 0 aromatic rings. The zero-order valence-corrected chi connectivity index (χ0v) is 24.0.